The van der Waals surface area contributed by atoms with Crippen molar-refractivity contribution in [1.82, 2.24) is 4.98 Å². The van der Waals surface area contributed by atoms with Gasteiger partial charge >= 0.3 is 0 Å². The Kier molecular flexibility index (Phi) is 3.27. The lowest BCUT2D eigenvalue weighted by molar-refractivity contribution is 0.588. The molecule has 1 fully saturated rings. The number of pyridine rings is 1. The Hall–Kier alpha value is -0.880. The van der Waals surface area contributed by atoms with Gasteiger partial charge in [-0.05, 0) is 13.3 Å². The lowest BCUT2D eigenvalue weighted by Gasteiger charge is -2.18. The van der Waals surface area contributed by atoms with Crippen molar-refractivity contribution in [3.63, 3.8) is 0 Å². The summed E-state index contributed by atoms with van der Waals surface area (Å²) in [5.74, 6) is -0.454. The van der Waals surface area contributed by atoms with E-state index in [1.165, 1.54) is 6.20 Å². The molecule has 1 aromatic rings. The van der Waals surface area contributed by atoms with Gasteiger partial charge in [-0.3, -0.25) is 4.98 Å². The maximum absolute atomic E-state index is 13.5. The third kappa shape index (κ3) is 2.37. The molecule has 0 spiro atoms. The first-order valence-electron chi connectivity index (χ1n) is 5.19. The van der Waals surface area contributed by atoms with Gasteiger partial charge in [0, 0.05) is 12.2 Å². The fraction of sp³-hybridized carbons (Fsp3) is 0.500. The maximum Gasteiger partial charge on any atom is 0.166 e. The van der Waals surface area contributed by atoms with Gasteiger partial charge in [-0.1, -0.05) is 11.6 Å². The standard InChI is InChI=1S/C10H12ClFN2O2S/c1-6-9(2-3-17(6,15)16)14-10-7(11)4-13-5-8(10)12/h4-6,9H,2-3H2,1H3,(H,13,14)/t6-,9-/m1/s1. The Labute approximate surface area is 104 Å². The molecule has 1 aliphatic heterocycles. The summed E-state index contributed by atoms with van der Waals surface area (Å²) >= 11 is 5.81. The lowest BCUT2D eigenvalue weighted by Crippen LogP contribution is -2.30. The van der Waals surface area contributed by atoms with E-state index in [9.17, 15) is 12.8 Å². The first-order valence-corrected chi connectivity index (χ1v) is 7.28. The van der Waals surface area contributed by atoms with E-state index in [0.29, 0.717) is 6.42 Å². The lowest BCUT2D eigenvalue weighted by atomic mass is 10.1. The Morgan fingerprint density at radius 1 is 1.53 bits per heavy atom. The number of nitrogens with one attached hydrogen (secondary N) is 1. The highest BCUT2D eigenvalue weighted by molar-refractivity contribution is 7.92. The molecule has 1 N–H and O–H groups in total. The fourth-order valence-corrected chi connectivity index (χ4v) is 3.75. The Balaban J connectivity index is 2.23. The maximum atomic E-state index is 13.5. The minimum Gasteiger partial charge on any atom is -0.377 e. The van der Waals surface area contributed by atoms with E-state index < -0.39 is 20.9 Å². The summed E-state index contributed by atoms with van der Waals surface area (Å²) in [7, 11) is -3.06. The van der Waals surface area contributed by atoms with Gasteiger partial charge < -0.3 is 5.32 Å². The van der Waals surface area contributed by atoms with Crippen LogP contribution in [0.5, 0.6) is 0 Å². The second-order valence-electron chi connectivity index (χ2n) is 4.09. The van der Waals surface area contributed by atoms with Gasteiger partial charge in [0.1, 0.15) is 0 Å². The zero-order chi connectivity index (χ0) is 12.6. The number of aromatic nitrogens is 1. The minimum absolute atomic E-state index is 0.121. The zero-order valence-electron chi connectivity index (χ0n) is 9.15. The molecule has 17 heavy (non-hydrogen) atoms. The van der Waals surface area contributed by atoms with Crippen molar-refractivity contribution < 1.29 is 12.8 Å². The summed E-state index contributed by atoms with van der Waals surface area (Å²) in [6.07, 6.45) is 2.82. The van der Waals surface area contributed by atoms with Crippen molar-refractivity contribution in [2.24, 2.45) is 0 Å². The van der Waals surface area contributed by atoms with Crippen LogP contribution in [0.3, 0.4) is 0 Å². The third-order valence-electron chi connectivity index (χ3n) is 3.03. The molecule has 0 radical (unpaired) electrons. The zero-order valence-corrected chi connectivity index (χ0v) is 10.7. The number of sulfone groups is 1. The normalized spacial score (nSPS) is 27.0. The molecule has 0 bridgehead atoms. The molecular formula is C10H12ClFN2O2S. The van der Waals surface area contributed by atoms with Crippen LogP contribution in [-0.2, 0) is 9.84 Å². The molecule has 0 saturated carbocycles. The average Bonchev–Trinajstić information content (AvgIpc) is 2.50. The first-order chi connectivity index (χ1) is 7.92. The van der Waals surface area contributed by atoms with Crippen molar-refractivity contribution in [1.29, 1.82) is 0 Å². The van der Waals surface area contributed by atoms with Crippen molar-refractivity contribution >= 4 is 27.1 Å². The van der Waals surface area contributed by atoms with Crippen LogP contribution < -0.4 is 5.32 Å². The molecule has 2 heterocycles. The number of halogens is 2. The van der Waals surface area contributed by atoms with E-state index in [0.717, 1.165) is 6.20 Å². The van der Waals surface area contributed by atoms with E-state index in [-0.39, 0.29) is 22.5 Å². The largest absolute Gasteiger partial charge is 0.377 e. The Bertz CT molecular complexity index is 515. The number of anilines is 1. The van der Waals surface area contributed by atoms with E-state index in [1.807, 2.05) is 0 Å². The van der Waals surface area contributed by atoms with Crippen LogP contribution >= 0.6 is 11.6 Å². The molecule has 0 aromatic carbocycles. The topological polar surface area (TPSA) is 59.1 Å². The van der Waals surface area contributed by atoms with Crippen LogP contribution in [-0.4, -0.2) is 30.4 Å². The van der Waals surface area contributed by atoms with Crippen LogP contribution in [0.4, 0.5) is 10.1 Å². The molecule has 1 aliphatic rings. The van der Waals surface area contributed by atoms with E-state index in [4.69, 9.17) is 11.6 Å². The molecule has 0 amide bonds. The monoisotopic (exact) mass is 278 g/mol. The molecule has 94 valence electrons. The average molecular weight is 279 g/mol. The van der Waals surface area contributed by atoms with Gasteiger partial charge in [-0.25, -0.2) is 12.8 Å². The Morgan fingerprint density at radius 3 is 2.76 bits per heavy atom. The van der Waals surface area contributed by atoms with E-state index in [1.54, 1.807) is 6.92 Å². The van der Waals surface area contributed by atoms with Crippen LogP contribution in [0.15, 0.2) is 12.4 Å². The highest BCUT2D eigenvalue weighted by atomic mass is 35.5. The summed E-state index contributed by atoms with van der Waals surface area (Å²) in [6, 6.07) is -0.311. The van der Waals surface area contributed by atoms with Crippen molar-refractivity contribution in [2.45, 2.75) is 24.6 Å². The second-order valence-corrected chi connectivity index (χ2v) is 6.97. The number of hydrogen-bond acceptors (Lipinski definition) is 4. The van der Waals surface area contributed by atoms with Crippen molar-refractivity contribution in [3.8, 4) is 0 Å². The SMILES string of the molecule is C[C@@H]1[C@H](Nc2c(F)cncc2Cl)CCS1(=O)=O. The molecule has 2 atom stereocenters. The van der Waals surface area contributed by atoms with Gasteiger partial charge in [-0.15, -0.1) is 0 Å². The molecule has 1 aromatic heterocycles. The van der Waals surface area contributed by atoms with Crippen LogP contribution in [0.25, 0.3) is 0 Å². The van der Waals surface area contributed by atoms with Crippen LogP contribution in [0, 0.1) is 5.82 Å². The van der Waals surface area contributed by atoms with E-state index in [2.05, 4.69) is 10.3 Å². The summed E-state index contributed by atoms with van der Waals surface area (Å²) in [5, 5.41) is 2.47. The second kappa shape index (κ2) is 4.42. The molecule has 2 rings (SSSR count). The summed E-state index contributed by atoms with van der Waals surface area (Å²) < 4.78 is 36.6. The highest BCUT2D eigenvalue weighted by Gasteiger charge is 2.37. The summed E-state index contributed by atoms with van der Waals surface area (Å²) in [6.45, 7) is 1.62. The summed E-state index contributed by atoms with van der Waals surface area (Å²) in [4.78, 5) is 3.60. The van der Waals surface area contributed by atoms with Gasteiger partial charge in [0.2, 0.25) is 0 Å². The number of nitrogens with zero attached hydrogens (tertiary/aromatic N) is 1. The third-order valence-corrected chi connectivity index (χ3v) is 5.58. The van der Waals surface area contributed by atoms with Crippen LogP contribution in [0.2, 0.25) is 5.02 Å². The molecule has 0 unspecified atom stereocenters. The van der Waals surface area contributed by atoms with Gasteiger partial charge in [0.05, 0.1) is 27.9 Å². The van der Waals surface area contributed by atoms with Crippen molar-refractivity contribution in [2.75, 3.05) is 11.1 Å². The predicted molar refractivity (Wildman–Crippen MR) is 64.5 cm³/mol. The van der Waals surface area contributed by atoms with Gasteiger partial charge in [-0.2, -0.15) is 0 Å². The number of rotatable bonds is 2. The Morgan fingerprint density at radius 2 is 2.24 bits per heavy atom. The predicted octanol–water partition coefficient (Wildman–Crippen LogP) is 1.86. The smallest absolute Gasteiger partial charge is 0.166 e. The fourth-order valence-electron chi connectivity index (χ4n) is 1.89. The molecule has 7 heteroatoms. The van der Waals surface area contributed by atoms with Crippen molar-refractivity contribution in [3.05, 3.63) is 23.2 Å². The molecule has 0 aliphatic carbocycles. The molecule has 1 saturated heterocycles. The van der Waals surface area contributed by atoms with Crippen LogP contribution in [0.1, 0.15) is 13.3 Å². The summed E-state index contributed by atoms with van der Waals surface area (Å²) in [5.41, 5.74) is 0.121. The highest BCUT2D eigenvalue weighted by Crippen LogP contribution is 2.29. The quantitative estimate of drug-likeness (QED) is 0.897. The van der Waals surface area contributed by atoms with Gasteiger partial charge in [0.15, 0.2) is 15.7 Å². The van der Waals surface area contributed by atoms with E-state index >= 15 is 0 Å². The minimum atomic E-state index is -3.06. The number of hydrogen-bond donors (Lipinski definition) is 1. The first kappa shape index (κ1) is 12.6. The molecule has 4 nitrogen and oxygen atoms in total. The van der Waals surface area contributed by atoms with Gasteiger partial charge in [0.25, 0.3) is 0 Å². The molecular weight excluding hydrogens is 267 g/mol.